The number of aryl methyl sites for hydroxylation is 1. The lowest BCUT2D eigenvalue weighted by molar-refractivity contribution is -0.385. The summed E-state index contributed by atoms with van der Waals surface area (Å²) in [6.07, 6.45) is 4.09. The van der Waals surface area contributed by atoms with E-state index < -0.39 is 0 Å². The summed E-state index contributed by atoms with van der Waals surface area (Å²) in [5.41, 5.74) is 2.83. The van der Waals surface area contributed by atoms with Gasteiger partial charge in [0.1, 0.15) is 12.5 Å². The molecule has 1 aromatic rings. The van der Waals surface area contributed by atoms with Gasteiger partial charge < -0.3 is 15.1 Å². The van der Waals surface area contributed by atoms with Gasteiger partial charge in [-0.2, -0.15) is 0 Å². The third kappa shape index (κ3) is 3.72. The van der Waals surface area contributed by atoms with E-state index in [0.717, 1.165) is 44.0 Å². The Morgan fingerprint density at radius 3 is 2.92 bits per heavy atom. The van der Waals surface area contributed by atoms with Crippen LogP contribution in [0, 0.1) is 17.0 Å². The van der Waals surface area contributed by atoms with Gasteiger partial charge in [0.15, 0.2) is 0 Å². The molecule has 1 aromatic carbocycles. The number of nitro benzene ring substituents is 1. The Bertz CT molecular complexity index is 743. The second kappa shape index (κ2) is 7.86. The van der Waals surface area contributed by atoms with Crippen LogP contribution in [-0.2, 0) is 0 Å². The summed E-state index contributed by atoms with van der Waals surface area (Å²) in [6.45, 7) is 9.50. The number of hydrogen-bond donors (Lipinski definition) is 1. The van der Waals surface area contributed by atoms with Gasteiger partial charge >= 0.3 is 0 Å². The largest absolute Gasteiger partial charge is 0.352 e. The fourth-order valence-corrected chi connectivity index (χ4v) is 3.53. The molecule has 1 atom stereocenters. The molecule has 0 radical (unpaired) electrons. The van der Waals surface area contributed by atoms with E-state index in [1.54, 1.807) is 13.0 Å². The Balaban J connectivity index is 1.89. The number of nitrogens with zero attached hydrogens (tertiary/aromatic N) is 4. The minimum absolute atomic E-state index is 0.156. The minimum Gasteiger partial charge on any atom is -0.352 e. The van der Waals surface area contributed by atoms with Gasteiger partial charge in [-0.15, -0.1) is 0 Å². The maximum absolute atomic E-state index is 11.3. The average Bonchev–Trinajstić information content (AvgIpc) is 2.63. The molecule has 2 aliphatic heterocycles. The molecule has 0 spiro atoms. The molecule has 1 N–H and O–H groups in total. The molecular formula is C19H27N5O2. The first-order valence-electron chi connectivity index (χ1n) is 9.26. The van der Waals surface area contributed by atoms with E-state index in [4.69, 9.17) is 4.99 Å². The number of rotatable bonds is 4. The van der Waals surface area contributed by atoms with Crippen molar-refractivity contribution in [3.63, 3.8) is 0 Å². The molecule has 1 fully saturated rings. The Morgan fingerprint density at radius 1 is 1.42 bits per heavy atom. The highest BCUT2D eigenvalue weighted by molar-refractivity contribution is 5.95. The lowest BCUT2D eigenvalue weighted by Crippen LogP contribution is -2.52. The molecule has 7 nitrogen and oxygen atoms in total. The van der Waals surface area contributed by atoms with Crippen LogP contribution < -0.4 is 10.2 Å². The lowest BCUT2D eigenvalue weighted by atomic mass is 10.1. The first kappa shape index (κ1) is 18.4. The molecule has 1 saturated heterocycles. The van der Waals surface area contributed by atoms with Crippen LogP contribution in [0.4, 0.5) is 11.4 Å². The third-order valence-electron chi connectivity index (χ3n) is 5.02. The summed E-state index contributed by atoms with van der Waals surface area (Å²) in [5.74, 6) is 1.03. The van der Waals surface area contributed by atoms with Crippen LogP contribution in [0.2, 0.25) is 0 Å². The zero-order chi connectivity index (χ0) is 18.7. The van der Waals surface area contributed by atoms with E-state index in [2.05, 4.69) is 35.0 Å². The Kier molecular flexibility index (Phi) is 5.56. The molecule has 0 saturated carbocycles. The van der Waals surface area contributed by atoms with Gasteiger partial charge in [-0.3, -0.25) is 10.1 Å². The minimum atomic E-state index is -0.316. The summed E-state index contributed by atoms with van der Waals surface area (Å²) in [5, 5.41) is 14.7. The van der Waals surface area contributed by atoms with E-state index in [-0.39, 0.29) is 10.6 Å². The second-order valence-corrected chi connectivity index (χ2v) is 6.95. The number of anilines is 1. The number of amidine groups is 1. The first-order chi connectivity index (χ1) is 12.5. The molecule has 7 heteroatoms. The second-order valence-electron chi connectivity index (χ2n) is 6.95. The fourth-order valence-electron chi connectivity index (χ4n) is 3.53. The van der Waals surface area contributed by atoms with Crippen molar-refractivity contribution in [2.45, 2.75) is 39.7 Å². The van der Waals surface area contributed by atoms with E-state index in [9.17, 15) is 10.1 Å². The summed E-state index contributed by atoms with van der Waals surface area (Å²) in [6, 6.07) is 5.83. The topological polar surface area (TPSA) is 74.0 Å². The molecule has 26 heavy (non-hydrogen) atoms. The number of benzene rings is 1. The molecule has 140 valence electrons. The van der Waals surface area contributed by atoms with Gasteiger partial charge in [0.05, 0.1) is 4.92 Å². The molecule has 0 bridgehead atoms. The van der Waals surface area contributed by atoms with Crippen molar-refractivity contribution in [2.24, 2.45) is 4.99 Å². The molecule has 3 rings (SSSR count). The lowest BCUT2D eigenvalue weighted by Gasteiger charge is -2.38. The normalized spacial score (nSPS) is 20.7. The highest BCUT2D eigenvalue weighted by Gasteiger charge is 2.25. The van der Waals surface area contributed by atoms with Crippen LogP contribution in [0.15, 0.2) is 35.0 Å². The monoisotopic (exact) mass is 357 g/mol. The van der Waals surface area contributed by atoms with Crippen molar-refractivity contribution in [3.8, 4) is 0 Å². The smallest absolute Gasteiger partial charge is 0.274 e. The summed E-state index contributed by atoms with van der Waals surface area (Å²) >= 11 is 0. The maximum Gasteiger partial charge on any atom is 0.274 e. The predicted molar refractivity (Wildman–Crippen MR) is 105 cm³/mol. The van der Waals surface area contributed by atoms with Crippen LogP contribution in [-0.4, -0.2) is 48.0 Å². The number of hydrogen-bond acceptors (Lipinski definition) is 6. The summed E-state index contributed by atoms with van der Waals surface area (Å²) in [7, 11) is 0. The Hall–Kier alpha value is -2.41. The fraction of sp³-hybridized carbons (Fsp3) is 0.526. The number of nitro groups is 1. The van der Waals surface area contributed by atoms with Crippen LogP contribution >= 0.6 is 0 Å². The van der Waals surface area contributed by atoms with Crippen molar-refractivity contribution >= 4 is 17.2 Å². The van der Waals surface area contributed by atoms with E-state index in [1.165, 1.54) is 5.70 Å². The zero-order valence-corrected chi connectivity index (χ0v) is 15.7. The van der Waals surface area contributed by atoms with E-state index >= 15 is 0 Å². The average molecular weight is 357 g/mol. The molecule has 0 aliphatic carbocycles. The molecule has 2 aliphatic rings. The maximum atomic E-state index is 11.3. The van der Waals surface area contributed by atoms with Gasteiger partial charge in [0, 0.05) is 48.7 Å². The SMILES string of the molecule is CCCC1=CC(N2CCNC[C@H]2C)=NCN1c1ccc(C)c([N+](=O)[O-])c1. The molecule has 2 heterocycles. The van der Waals surface area contributed by atoms with Crippen molar-refractivity contribution in [2.75, 3.05) is 31.2 Å². The number of nitrogens with one attached hydrogen (secondary N) is 1. The highest BCUT2D eigenvalue weighted by Crippen LogP contribution is 2.30. The van der Waals surface area contributed by atoms with Crippen LogP contribution in [0.3, 0.4) is 0 Å². The van der Waals surface area contributed by atoms with Crippen molar-refractivity contribution in [1.82, 2.24) is 10.2 Å². The van der Waals surface area contributed by atoms with Gasteiger partial charge in [-0.1, -0.05) is 19.4 Å². The molecule has 0 amide bonds. The summed E-state index contributed by atoms with van der Waals surface area (Å²) < 4.78 is 0. The number of piperazine rings is 1. The predicted octanol–water partition coefficient (Wildman–Crippen LogP) is 3.06. The molecular weight excluding hydrogens is 330 g/mol. The molecule has 0 unspecified atom stereocenters. The first-order valence-corrected chi connectivity index (χ1v) is 9.26. The highest BCUT2D eigenvalue weighted by atomic mass is 16.6. The van der Waals surface area contributed by atoms with Gasteiger partial charge in [0.2, 0.25) is 0 Å². The Morgan fingerprint density at radius 2 is 2.23 bits per heavy atom. The van der Waals surface area contributed by atoms with Crippen molar-refractivity contribution < 1.29 is 4.92 Å². The van der Waals surface area contributed by atoms with Gasteiger partial charge in [-0.05, 0) is 32.4 Å². The zero-order valence-electron chi connectivity index (χ0n) is 15.7. The van der Waals surface area contributed by atoms with Gasteiger partial charge in [-0.25, -0.2) is 4.99 Å². The van der Waals surface area contributed by atoms with Crippen molar-refractivity contribution in [1.29, 1.82) is 0 Å². The van der Waals surface area contributed by atoms with Crippen LogP contribution in [0.5, 0.6) is 0 Å². The van der Waals surface area contributed by atoms with Gasteiger partial charge in [0.25, 0.3) is 5.69 Å². The van der Waals surface area contributed by atoms with E-state index in [0.29, 0.717) is 18.3 Å². The molecule has 0 aromatic heterocycles. The summed E-state index contributed by atoms with van der Waals surface area (Å²) in [4.78, 5) is 20.2. The number of allylic oxidation sites excluding steroid dienone is 1. The quantitative estimate of drug-likeness (QED) is 0.662. The van der Waals surface area contributed by atoms with Crippen LogP contribution in [0.25, 0.3) is 0 Å². The standard InChI is InChI=1S/C19H27N5O2/c1-4-5-16-11-19(22-9-8-20-12-15(22)3)21-13-23(16)17-7-6-14(2)18(10-17)24(25)26/h6-7,10-11,15,20H,4-5,8-9,12-13H2,1-3H3/t15-/m1/s1. The third-order valence-corrected chi connectivity index (χ3v) is 5.02. The van der Waals surface area contributed by atoms with E-state index in [1.807, 2.05) is 12.1 Å². The Labute approximate surface area is 154 Å². The van der Waals surface area contributed by atoms with Crippen LogP contribution in [0.1, 0.15) is 32.3 Å². The number of aliphatic imine (C=N–C) groups is 1. The van der Waals surface area contributed by atoms with Crippen molar-refractivity contribution in [3.05, 3.63) is 45.6 Å².